The molecule has 1 saturated heterocycles. The summed E-state index contributed by atoms with van der Waals surface area (Å²) in [5.74, 6) is -1.35. The van der Waals surface area contributed by atoms with Crippen molar-refractivity contribution in [2.75, 3.05) is 6.61 Å². The summed E-state index contributed by atoms with van der Waals surface area (Å²) in [6, 6.07) is 0. The highest BCUT2D eigenvalue weighted by molar-refractivity contribution is 5.66. The van der Waals surface area contributed by atoms with Crippen LogP contribution in [-0.4, -0.2) is 86.3 Å². The number of carbonyl (C=O) groups is 1. The summed E-state index contributed by atoms with van der Waals surface area (Å²) in [6.07, 6.45) is -5.14. The minimum absolute atomic E-state index is 0.301. The topological polar surface area (TPSA) is 155 Å². The Bertz CT molecular complexity index is 594. The molecule has 0 aromatic carbocycles. The second kappa shape index (κ2) is 7.28. The first-order chi connectivity index (χ1) is 12.6. The fourth-order valence-corrected chi connectivity index (χ4v) is 4.18. The molecule has 5 N–H and O–H groups in total. The summed E-state index contributed by atoms with van der Waals surface area (Å²) in [6.45, 7) is 2.31. The molecule has 0 radical (unpaired) electrons. The van der Waals surface area contributed by atoms with Gasteiger partial charge in [0.25, 0.3) is 0 Å². The summed E-state index contributed by atoms with van der Waals surface area (Å²) in [4.78, 5) is 11.5. The zero-order valence-corrected chi connectivity index (χ0v) is 15.1. The Hall–Kier alpha value is -1.27. The molecule has 0 unspecified atom stereocenters. The summed E-state index contributed by atoms with van der Waals surface area (Å²) < 4.78 is 21.9. The Kier molecular flexibility index (Phi) is 5.52. The molecule has 0 bridgehead atoms. The summed E-state index contributed by atoms with van der Waals surface area (Å²) >= 11 is 0. The van der Waals surface area contributed by atoms with Crippen LogP contribution in [0.4, 0.5) is 0 Å². The van der Waals surface area contributed by atoms with Crippen LogP contribution in [-0.2, 0) is 23.7 Å². The lowest BCUT2D eigenvalue weighted by Gasteiger charge is -2.45. The Morgan fingerprint density at radius 1 is 1.19 bits per heavy atom. The zero-order valence-electron chi connectivity index (χ0n) is 15.1. The van der Waals surface area contributed by atoms with Crippen LogP contribution in [0.15, 0.2) is 12.3 Å². The van der Waals surface area contributed by atoms with E-state index in [0.717, 1.165) is 0 Å². The molecule has 9 atom stereocenters. The Balaban J connectivity index is 1.83. The van der Waals surface area contributed by atoms with E-state index in [2.05, 4.69) is 0 Å². The largest absolute Gasteiger partial charge is 0.472 e. The van der Waals surface area contributed by atoms with E-state index >= 15 is 0 Å². The molecule has 1 aliphatic carbocycles. The van der Waals surface area contributed by atoms with Crippen LogP contribution >= 0.6 is 0 Å². The number of fused-ring (bicyclic) bond motifs is 1. The van der Waals surface area contributed by atoms with E-state index in [9.17, 15) is 30.3 Å². The molecule has 0 aromatic rings. The number of rotatable bonds is 4. The number of hydrogen-bond acceptors (Lipinski definition) is 10. The van der Waals surface area contributed by atoms with E-state index in [1.54, 1.807) is 6.92 Å². The van der Waals surface area contributed by atoms with Crippen molar-refractivity contribution in [3.8, 4) is 0 Å². The minimum atomic E-state index is -1.62. The summed E-state index contributed by atoms with van der Waals surface area (Å²) in [5, 5.41) is 50.2. The average molecular weight is 390 g/mol. The van der Waals surface area contributed by atoms with E-state index in [1.165, 1.54) is 19.3 Å². The van der Waals surface area contributed by atoms with Gasteiger partial charge in [-0.3, -0.25) is 4.79 Å². The number of esters is 1. The molecule has 27 heavy (non-hydrogen) atoms. The standard InChI is InChI=1S/C17H26O10/c1-8(19)27-16(2)3-4-17(23)5-6-24-15(13(16)17)26-14-12(22)11(21)10(20)9(7-18)25-14/h5-6,9-15,18,20-23H,3-4,7H2,1-2H3/t9-,10+,11-,12-,13+,14-,15-,16-,17-/m0/s1. The van der Waals surface area contributed by atoms with Gasteiger partial charge in [-0.15, -0.1) is 0 Å². The highest BCUT2D eigenvalue weighted by Crippen LogP contribution is 2.51. The Morgan fingerprint density at radius 2 is 1.89 bits per heavy atom. The monoisotopic (exact) mass is 390 g/mol. The van der Waals surface area contributed by atoms with Crippen LogP contribution in [0, 0.1) is 5.92 Å². The van der Waals surface area contributed by atoms with Gasteiger partial charge in [0, 0.05) is 6.92 Å². The first-order valence-corrected chi connectivity index (χ1v) is 8.82. The second-order valence-corrected chi connectivity index (χ2v) is 7.52. The molecule has 2 fully saturated rings. The number of carbonyl (C=O) groups excluding carboxylic acids is 1. The molecule has 0 spiro atoms. The van der Waals surface area contributed by atoms with Crippen molar-refractivity contribution in [3.63, 3.8) is 0 Å². The zero-order chi connectivity index (χ0) is 20.0. The molecule has 2 aliphatic heterocycles. The van der Waals surface area contributed by atoms with E-state index in [1.807, 2.05) is 0 Å². The first-order valence-electron chi connectivity index (χ1n) is 8.82. The van der Waals surface area contributed by atoms with E-state index < -0.39 is 66.7 Å². The fraction of sp³-hybridized carbons (Fsp3) is 0.824. The first kappa shape index (κ1) is 20.5. The molecule has 3 aliphatic rings. The summed E-state index contributed by atoms with van der Waals surface area (Å²) in [5.41, 5.74) is -2.45. The molecule has 154 valence electrons. The average Bonchev–Trinajstić information content (AvgIpc) is 2.86. The van der Waals surface area contributed by atoms with E-state index in [4.69, 9.17) is 18.9 Å². The second-order valence-electron chi connectivity index (χ2n) is 7.52. The van der Waals surface area contributed by atoms with Crippen molar-refractivity contribution < 1.29 is 49.3 Å². The molecule has 10 heteroatoms. The molecule has 3 rings (SSSR count). The third kappa shape index (κ3) is 3.58. The van der Waals surface area contributed by atoms with Crippen molar-refractivity contribution in [3.05, 3.63) is 12.3 Å². The minimum Gasteiger partial charge on any atom is -0.472 e. The lowest BCUT2D eigenvalue weighted by atomic mass is 9.81. The van der Waals surface area contributed by atoms with Crippen LogP contribution < -0.4 is 0 Å². The highest BCUT2D eigenvalue weighted by Gasteiger charge is 2.62. The van der Waals surface area contributed by atoms with Gasteiger partial charge in [0.2, 0.25) is 6.29 Å². The van der Waals surface area contributed by atoms with Crippen LogP contribution in [0.3, 0.4) is 0 Å². The normalized spacial score (nSPS) is 49.4. The fourth-order valence-electron chi connectivity index (χ4n) is 4.18. The lowest BCUT2D eigenvalue weighted by Crippen LogP contribution is -2.61. The van der Waals surface area contributed by atoms with Crippen LogP contribution in [0.25, 0.3) is 0 Å². The van der Waals surface area contributed by atoms with E-state index in [0.29, 0.717) is 12.8 Å². The molecule has 1 saturated carbocycles. The Labute approximate surface area is 155 Å². The maximum atomic E-state index is 11.5. The number of hydrogen-bond donors (Lipinski definition) is 5. The van der Waals surface area contributed by atoms with Gasteiger partial charge < -0.3 is 44.5 Å². The van der Waals surface area contributed by atoms with Crippen molar-refractivity contribution in [2.45, 2.75) is 74.9 Å². The van der Waals surface area contributed by atoms with Crippen molar-refractivity contribution in [1.29, 1.82) is 0 Å². The van der Waals surface area contributed by atoms with Gasteiger partial charge in [0.15, 0.2) is 6.29 Å². The van der Waals surface area contributed by atoms with E-state index in [-0.39, 0.29) is 0 Å². The van der Waals surface area contributed by atoms with Crippen molar-refractivity contribution in [1.82, 2.24) is 0 Å². The molecule has 0 aromatic heterocycles. The third-order valence-corrected chi connectivity index (χ3v) is 5.55. The van der Waals surface area contributed by atoms with Gasteiger partial charge in [-0.25, -0.2) is 0 Å². The van der Waals surface area contributed by atoms with Gasteiger partial charge in [0.1, 0.15) is 30.0 Å². The lowest BCUT2D eigenvalue weighted by molar-refractivity contribution is -0.350. The third-order valence-electron chi connectivity index (χ3n) is 5.55. The van der Waals surface area contributed by atoms with Crippen LogP contribution in [0.2, 0.25) is 0 Å². The molecule has 0 amide bonds. The maximum Gasteiger partial charge on any atom is 0.303 e. The number of aliphatic hydroxyl groups is 5. The number of aliphatic hydroxyl groups excluding tert-OH is 4. The molecular formula is C17H26O10. The highest BCUT2D eigenvalue weighted by atomic mass is 16.8. The van der Waals surface area contributed by atoms with Crippen LogP contribution in [0.1, 0.15) is 26.7 Å². The quantitative estimate of drug-likeness (QED) is 0.345. The van der Waals surface area contributed by atoms with Gasteiger partial charge in [0.05, 0.1) is 24.4 Å². The smallest absolute Gasteiger partial charge is 0.303 e. The van der Waals surface area contributed by atoms with Gasteiger partial charge in [-0.1, -0.05) is 0 Å². The molecule has 10 nitrogen and oxygen atoms in total. The SMILES string of the molecule is CC(=O)O[C@@]1(C)CC[C@]2(O)C=CO[C@@H](O[C@@H]3O[C@@H](CO)[C@@H](O)[C@H](O)[C@@H]3O)[C@@H]21. The molecular weight excluding hydrogens is 364 g/mol. The van der Waals surface area contributed by atoms with Gasteiger partial charge in [-0.2, -0.15) is 0 Å². The Morgan fingerprint density at radius 3 is 2.52 bits per heavy atom. The predicted octanol–water partition coefficient (Wildman–Crippen LogP) is -1.86. The summed E-state index contributed by atoms with van der Waals surface area (Å²) in [7, 11) is 0. The van der Waals surface area contributed by atoms with Crippen molar-refractivity contribution >= 4 is 5.97 Å². The number of ether oxygens (including phenoxy) is 4. The van der Waals surface area contributed by atoms with Crippen LogP contribution in [0.5, 0.6) is 0 Å². The van der Waals surface area contributed by atoms with Crippen molar-refractivity contribution in [2.24, 2.45) is 5.92 Å². The van der Waals surface area contributed by atoms with Gasteiger partial charge >= 0.3 is 5.97 Å². The molecule has 2 heterocycles. The maximum absolute atomic E-state index is 11.5. The van der Waals surface area contributed by atoms with Gasteiger partial charge in [-0.05, 0) is 25.8 Å². The predicted molar refractivity (Wildman–Crippen MR) is 86.7 cm³/mol.